The molecule has 48 heavy (non-hydrogen) atoms. The maximum atomic E-state index is 6.80. The van der Waals surface area contributed by atoms with Gasteiger partial charge < -0.3 is 4.74 Å². The van der Waals surface area contributed by atoms with E-state index in [1.54, 1.807) is 0 Å². The van der Waals surface area contributed by atoms with Crippen molar-refractivity contribution >= 4 is 10.9 Å². The minimum absolute atomic E-state index is 0.224. The van der Waals surface area contributed by atoms with E-state index in [0.717, 1.165) is 50.5 Å². The summed E-state index contributed by atoms with van der Waals surface area (Å²) < 4.78 is 6.80. The molecule has 10 rings (SSSR count). The monoisotopic (exact) mass is 615 g/mol. The fraction of sp³-hybridized carbons (Fsp3) is 0.0682. The van der Waals surface area contributed by atoms with Gasteiger partial charge in [-0.1, -0.05) is 127 Å². The SMILES string of the molecule is C1=CC2c3ccccc3C3(c4ccccc4Oc4cc(-c5ncccc5-c5nc(-c6ccccc6)c6ccccc6n5)ccc43)C2C=C1. The van der Waals surface area contributed by atoms with Gasteiger partial charge in [-0.2, -0.15) is 0 Å². The normalized spacial score (nSPS) is 19.8. The average molecular weight is 616 g/mol. The number of benzene rings is 5. The van der Waals surface area contributed by atoms with Gasteiger partial charge in [-0.3, -0.25) is 4.98 Å². The lowest BCUT2D eigenvalue weighted by atomic mass is 9.62. The standard InChI is InChI=1S/C44H29N3O/c1-2-13-28(14-3-1)42-32-17-6-10-22-38(32)46-43(47-42)33-18-12-26-45-41(33)29-24-25-37-40(27-29)48-39-23-11-9-21-36(39)44(37)34-19-7-4-15-30(34)31-16-5-8-20-35(31)44/h1-27,30,34H. The Morgan fingerprint density at radius 2 is 1.33 bits per heavy atom. The van der Waals surface area contributed by atoms with Crippen LogP contribution >= 0.6 is 0 Å². The van der Waals surface area contributed by atoms with Crippen molar-refractivity contribution in [1.29, 1.82) is 0 Å². The van der Waals surface area contributed by atoms with Crippen LogP contribution in [0, 0.1) is 5.92 Å². The zero-order valence-electron chi connectivity index (χ0n) is 26.0. The number of allylic oxidation sites excluding steroid dienone is 4. The molecule has 2 aliphatic carbocycles. The number of para-hydroxylation sites is 2. The lowest BCUT2D eigenvalue weighted by Crippen LogP contribution is -2.37. The maximum absolute atomic E-state index is 6.80. The van der Waals surface area contributed by atoms with Gasteiger partial charge in [-0.15, -0.1) is 0 Å². The van der Waals surface area contributed by atoms with E-state index in [-0.39, 0.29) is 17.3 Å². The molecule has 0 N–H and O–H groups in total. The van der Waals surface area contributed by atoms with Gasteiger partial charge in [0.25, 0.3) is 0 Å². The first-order valence-corrected chi connectivity index (χ1v) is 16.4. The molecule has 0 amide bonds. The van der Waals surface area contributed by atoms with Crippen molar-refractivity contribution in [3.63, 3.8) is 0 Å². The van der Waals surface area contributed by atoms with Crippen LogP contribution in [0.2, 0.25) is 0 Å². The highest BCUT2D eigenvalue weighted by Crippen LogP contribution is 2.64. The summed E-state index contributed by atoms with van der Waals surface area (Å²) in [6.07, 6.45) is 11.0. The lowest BCUT2D eigenvalue weighted by molar-refractivity contribution is 0.374. The van der Waals surface area contributed by atoms with Gasteiger partial charge in [0.05, 0.1) is 22.3 Å². The molecule has 3 atom stereocenters. The Labute approximate surface area is 278 Å². The van der Waals surface area contributed by atoms with E-state index in [0.29, 0.717) is 5.82 Å². The third-order valence-electron chi connectivity index (χ3n) is 10.3. The maximum Gasteiger partial charge on any atom is 0.162 e. The van der Waals surface area contributed by atoms with E-state index in [2.05, 4.69) is 115 Å². The molecule has 1 spiro atoms. The van der Waals surface area contributed by atoms with Crippen molar-refractivity contribution in [2.75, 3.05) is 0 Å². The van der Waals surface area contributed by atoms with E-state index >= 15 is 0 Å². The molecule has 3 unspecified atom stereocenters. The minimum atomic E-state index is -0.385. The highest BCUT2D eigenvalue weighted by Gasteiger charge is 2.56. The summed E-state index contributed by atoms with van der Waals surface area (Å²) in [5.74, 6) is 2.90. The third-order valence-corrected chi connectivity index (χ3v) is 10.3. The summed E-state index contributed by atoms with van der Waals surface area (Å²) in [4.78, 5) is 15.2. The molecular formula is C44H29N3O. The molecule has 0 saturated carbocycles. The van der Waals surface area contributed by atoms with Gasteiger partial charge >= 0.3 is 0 Å². The zero-order valence-corrected chi connectivity index (χ0v) is 26.0. The lowest BCUT2D eigenvalue weighted by Gasteiger charge is -2.43. The highest BCUT2D eigenvalue weighted by atomic mass is 16.5. The van der Waals surface area contributed by atoms with Crippen molar-refractivity contribution in [3.05, 3.63) is 186 Å². The summed E-state index contributed by atoms with van der Waals surface area (Å²) in [5.41, 5.74) is 10.2. The number of aromatic nitrogens is 3. The Bertz CT molecular complexity index is 2460. The quantitative estimate of drug-likeness (QED) is 0.198. The number of nitrogens with zero attached hydrogens (tertiary/aromatic N) is 3. The molecule has 7 aromatic rings. The van der Waals surface area contributed by atoms with E-state index in [1.165, 1.54) is 22.3 Å². The molecular weight excluding hydrogens is 587 g/mol. The number of ether oxygens (including phenoxy) is 1. The van der Waals surface area contributed by atoms with Crippen LogP contribution in [0.1, 0.15) is 28.2 Å². The van der Waals surface area contributed by atoms with E-state index in [1.807, 2.05) is 48.7 Å². The first kappa shape index (κ1) is 27.0. The van der Waals surface area contributed by atoms with Crippen molar-refractivity contribution < 1.29 is 4.74 Å². The van der Waals surface area contributed by atoms with E-state index < -0.39 is 0 Å². The second-order valence-electron chi connectivity index (χ2n) is 12.7. The van der Waals surface area contributed by atoms with Gasteiger partial charge in [0.1, 0.15) is 11.5 Å². The average Bonchev–Trinajstić information content (AvgIpc) is 3.45. The summed E-state index contributed by atoms with van der Waals surface area (Å²) in [7, 11) is 0. The number of fused-ring (bicyclic) bond motifs is 10. The smallest absolute Gasteiger partial charge is 0.162 e. The van der Waals surface area contributed by atoms with Gasteiger partial charge in [-0.25, -0.2) is 9.97 Å². The van der Waals surface area contributed by atoms with Crippen LogP contribution in [-0.2, 0) is 5.41 Å². The van der Waals surface area contributed by atoms with Crippen LogP contribution in [0.25, 0.3) is 44.8 Å². The molecule has 0 fully saturated rings. The third kappa shape index (κ3) is 3.80. The van der Waals surface area contributed by atoms with E-state index in [9.17, 15) is 0 Å². The van der Waals surface area contributed by atoms with Crippen molar-refractivity contribution in [3.8, 4) is 45.4 Å². The topological polar surface area (TPSA) is 47.9 Å². The minimum Gasteiger partial charge on any atom is -0.457 e. The van der Waals surface area contributed by atoms with Crippen LogP contribution in [-0.4, -0.2) is 15.0 Å². The van der Waals surface area contributed by atoms with Gasteiger partial charge in [0, 0.05) is 51.2 Å². The Hall–Kier alpha value is -6.13. The molecule has 4 nitrogen and oxygen atoms in total. The molecule has 0 saturated heterocycles. The first-order valence-electron chi connectivity index (χ1n) is 16.4. The molecule has 4 heteroatoms. The Balaban J connectivity index is 1.17. The van der Waals surface area contributed by atoms with Crippen LogP contribution in [0.5, 0.6) is 11.5 Å². The zero-order chi connectivity index (χ0) is 31.7. The fourth-order valence-corrected chi connectivity index (χ4v) is 8.35. The van der Waals surface area contributed by atoms with Crippen molar-refractivity contribution in [2.24, 2.45) is 5.92 Å². The molecule has 5 aromatic carbocycles. The number of hydrogen-bond acceptors (Lipinski definition) is 4. The number of pyridine rings is 1. The number of rotatable bonds is 3. The summed E-state index contributed by atoms with van der Waals surface area (Å²) in [6.45, 7) is 0. The summed E-state index contributed by atoms with van der Waals surface area (Å²) >= 11 is 0. The molecule has 3 heterocycles. The Kier molecular flexibility index (Phi) is 5.88. The van der Waals surface area contributed by atoms with E-state index in [4.69, 9.17) is 19.7 Å². The largest absolute Gasteiger partial charge is 0.457 e. The van der Waals surface area contributed by atoms with Crippen molar-refractivity contribution in [1.82, 2.24) is 15.0 Å². The number of hydrogen-bond donors (Lipinski definition) is 0. The predicted octanol–water partition coefficient (Wildman–Crippen LogP) is 10.3. The molecule has 2 aromatic heterocycles. The molecule has 0 radical (unpaired) electrons. The summed E-state index contributed by atoms with van der Waals surface area (Å²) in [6, 6.07) is 46.6. The molecule has 3 aliphatic rings. The van der Waals surface area contributed by atoms with Crippen LogP contribution in [0.4, 0.5) is 0 Å². The van der Waals surface area contributed by atoms with Crippen LogP contribution in [0.3, 0.4) is 0 Å². The molecule has 226 valence electrons. The van der Waals surface area contributed by atoms with Crippen molar-refractivity contribution in [2.45, 2.75) is 11.3 Å². The summed E-state index contributed by atoms with van der Waals surface area (Å²) in [5, 5.41) is 1.02. The highest BCUT2D eigenvalue weighted by molar-refractivity contribution is 5.94. The van der Waals surface area contributed by atoms with Crippen LogP contribution in [0.15, 0.2) is 164 Å². The van der Waals surface area contributed by atoms with Gasteiger partial charge in [0.15, 0.2) is 5.82 Å². The first-order chi connectivity index (χ1) is 23.8. The fourth-order valence-electron chi connectivity index (χ4n) is 8.35. The van der Waals surface area contributed by atoms with Gasteiger partial charge in [-0.05, 0) is 41.5 Å². The molecule has 0 bridgehead atoms. The second kappa shape index (κ2) is 10.4. The van der Waals surface area contributed by atoms with Crippen LogP contribution < -0.4 is 4.74 Å². The predicted molar refractivity (Wildman–Crippen MR) is 191 cm³/mol. The Morgan fingerprint density at radius 1 is 0.562 bits per heavy atom. The van der Waals surface area contributed by atoms with Gasteiger partial charge in [0.2, 0.25) is 0 Å². The molecule has 1 aliphatic heterocycles. The Morgan fingerprint density at radius 3 is 2.27 bits per heavy atom. The second-order valence-corrected chi connectivity index (χ2v) is 12.7.